The Labute approximate surface area is 218 Å². The van der Waals surface area contributed by atoms with Gasteiger partial charge in [-0.2, -0.15) is 5.10 Å². The molecule has 7 heteroatoms. The third-order valence-electron chi connectivity index (χ3n) is 7.81. The Hall–Kier alpha value is -3.74. The van der Waals surface area contributed by atoms with Crippen molar-refractivity contribution in [3.05, 3.63) is 84.1 Å². The lowest BCUT2D eigenvalue weighted by Gasteiger charge is -2.34. The summed E-state index contributed by atoms with van der Waals surface area (Å²) in [5.41, 5.74) is 3.21. The van der Waals surface area contributed by atoms with Gasteiger partial charge in [0, 0.05) is 38.1 Å². The fourth-order valence-electron chi connectivity index (χ4n) is 5.62. The van der Waals surface area contributed by atoms with Crippen molar-refractivity contribution in [2.75, 3.05) is 36.4 Å². The number of carbonyl (C=O) groups excluding carboxylic acids is 2. The average Bonchev–Trinajstić information content (AvgIpc) is 3.46. The number of likely N-dealkylation sites (tertiary alicyclic amines) is 1. The number of piperidine rings is 1. The standard InChI is InChI=1S/C30H35N5O2/c1-2-27(24-7-4-3-5-8-24)30(37)34-18-14-23(15-19-34)22-10-12-26(13-11-22)32-29(36)25-16-20-35(21-25)28-9-6-17-31-33-28/h3-13,17,23,25,27H,2,14-16,18-21H2,1H3,(H,32,36)/t25-,27-/m0/s1. The van der Waals surface area contributed by atoms with Gasteiger partial charge in [-0.3, -0.25) is 9.59 Å². The molecule has 2 saturated heterocycles. The predicted octanol–water partition coefficient (Wildman–Crippen LogP) is 4.84. The Morgan fingerprint density at radius 1 is 0.946 bits per heavy atom. The van der Waals surface area contributed by atoms with E-state index in [2.05, 4.69) is 51.6 Å². The molecule has 0 saturated carbocycles. The summed E-state index contributed by atoms with van der Waals surface area (Å²) in [6.07, 6.45) is 5.20. The second-order valence-electron chi connectivity index (χ2n) is 10.1. The molecule has 0 aliphatic carbocycles. The second kappa shape index (κ2) is 11.5. The Balaban J connectivity index is 1.12. The summed E-state index contributed by atoms with van der Waals surface area (Å²) in [4.78, 5) is 30.2. The first-order chi connectivity index (χ1) is 18.1. The van der Waals surface area contributed by atoms with Crippen molar-refractivity contribution in [2.24, 2.45) is 5.92 Å². The lowest BCUT2D eigenvalue weighted by molar-refractivity contribution is -0.134. The van der Waals surface area contributed by atoms with Gasteiger partial charge in [0.2, 0.25) is 11.8 Å². The van der Waals surface area contributed by atoms with Gasteiger partial charge in [-0.15, -0.1) is 5.10 Å². The molecule has 2 aliphatic heterocycles. The minimum Gasteiger partial charge on any atom is -0.354 e. The quantitative estimate of drug-likeness (QED) is 0.505. The van der Waals surface area contributed by atoms with Crippen molar-refractivity contribution in [1.82, 2.24) is 15.1 Å². The van der Waals surface area contributed by atoms with Crippen LogP contribution in [0.1, 0.15) is 55.6 Å². The number of hydrogen-bond acceptors (Lipinski definition) is 5. The van der Waals surface area contributed by atoms with Crippen LogP contribution >= 0.6 is 0 Å². The van der Waals surface area contributed by atoms with Crippen LogP contribution in [0.2, 0.25) is 0 Å². The van der Waals surface area contributed by atoms with Crippen LogP contribution in [-0.4, -0.2) is 53.1 Å². The number of anilines is 2. The van der Waals surface area contributed by atoms with Crippen molar-refractivity contribution in [3.8, 4) is 0 Å². The summed E-state index contributed by atoms with van der Waals surface area (Å²) in [7, 11) is 0. The van der Waals surface area contributed by atoms with Crippen LogP contribution in [-0.2, 0) is 9.59 Å². The lowest BCUT2D eigenvalue weighted by atomic mass is 9.88. The number of rotatable bonds is 7. The molecule has 2 fully saturated rings. The van der Waals surface area contributed by atoms with Crippen molar-refractivity contribution in [3.63, 3.8) is 0 Å². The third kappa shape index (κ3) is 5.82. The maximum atomic E-state index is 13.2. The predicted molar refractivity (Wildman–Crippen MR) is 145 cm³/mol. The van der Waals surface area contributed by atoms with E-state index in [0.717, 1.165) is 62.4 Å². The highest BCUT2D eigenvalue weighted by molar-refractivity contribution is 5.93. The molecule has 1 N–H and O–H groups in total. The molecule has 0 bridgehead atoms. The van der Waals surface area contributed by atoms with E-state index < -0.39 is 0 Å². The van der Waals surface area contributed by atoms with Gasteiger partial charge in [-0.25, -0.2) is 0 Å². The topological polar surface area (TPSA) is 78.4 Å². The molecule has 2 aliphatic rings. The molecule has 0 spiro atoms. The van der Waals surface area contributed by atoms with E-state index in [9.17, 15) is 9.59 Å². The maximum absolute atomic E-state index is 13.2. The number of carbonyl (C=O) groups is 2. The molecule has 5 rings (SSSR count). The van der Waals surface area contributed by atoms with Crippen LogP contribution < -0.4 is 10.2 Å². The number of benzene rings is 2. The molecule has 2 amide bonds. The molecule has 3 heterocycles. The molecular weight excluding hydrogens is 462 g/mol. The number of hydrogen-bond donors (Lipinski definition) is 1. The van der Waals surface area contributed by atoms with Crippen LogP contribution in [0, 0.1) is 5.92 Å². The lowest BCUT2D eigenvalue weighted by Crippen LogP contribution is -2.40. The monoisotopic (exact) mass is 497 g/mol. The van der Waals surface area contributed by atoms with Crippen molar-refractivity contribution >= 4 is 23.3 Å². The molecule has 0 unspecified atom stereocenters. The van der Waals surface area contributed by atoms with E-state index in [0.29, 0.717) is 12.5 Å². The molecule has 2 atom stereocenters. The van der Waals surface area contributed by atoms with E-state index in [1.54, 1.807) is 6.20 Å². The molecule has 192 valence electrons. The smallest absolute Gasteiger partial charge is 0.230 e. The molecule has 37 heavy (non-hydrogen) atoms. The minimum atomic E-state index is -0.0635. The van der Waals surface area contributed by atoms with Gasteiger partial charge < -0.3 is 15.1 Å². The van der Waals surface area contributed by atoms with Crippen molar-refractivity contribution in [1.29, 1.82) is 0 Å². The zero-order chi connectivity index (χ0) is 25.6. The fourth-order valence-corrected chi connectivity index (χ4v) is 5.62. The zero-order valence-electron chi connectivity index (χ0n) is 21.4. The molecule has 2 aromatic carbocycles. The second-order valence-corrected chi connectivity index (χ2v) is 10.1. The summed E-state index contributed by atoms with van der Waals surface area (Å²) in [5.74, 6) is 1.42. The summed E-state index contributed by atoms with van der Waals surface area (Å²) in [5, 5.41) is 11.2. The van der Waals surface area contributed by atoms with Gasteiger partial charge in [0.05, 0.1) is 11.8 Å². The first-order valence-electron chi connectivity index (χ1n) is 13.4. The zero-order valence-corrected chi connectivity index (χ0v) is 21.4. The highest BCUT2D eigenvalue weighted by Gasteiger charge is 2.30. The Bertz CT molecular complexity index is 1180. The van der Waals surface area contributed by atoms with Crippen molar-refractivity contribution in [2.45, 2.75) is 44.4 Å². The van der Waals surface area contributed by atoms with Gasteiger partial charge in [0.1, 0.15) is 0 Å². The normalized spacial score (nSPS) is 19.0. The van der Waals surface area contributed by atoms with E-state index in [-0.39, 0.29) is 23.7 Å². The Kier molecular flexibility index (Phi) is 7.78. The first kappa shape index (κ1) is 24.9. The van der Waals surface area contributed by atoms with E-state index in [1.807, 2.05) is 47.4 Å². The maximum Gasteiger partial charge on any atom is 0.230 e. The minimum absolute atomic E-state index is 0.0508. The number of amides is 2. The molecule has 0 radical (unpaired) electrons. The average molecular weight is 498 g/mol. The molecule has 1 aromatic heterocycles. The molecule has 7 nitrogen and oxygen atoms in total. The van der Waals surface area contributed by atoms with Crippen LogP contribution in [0.3, 0.4) is 0 Å². The van der Waals surface area contributed by atoms with Crippen molar-refractivity contribution < 1.29 is 9.59 Å². The van der Waals surface area contributed by atoms with Gasteiger partial charge in [-0.05, 0) is 67.0 Å². The summed E-state index contributed by atoms with van der Waals surface area (Å²) in [6.45, 7) is 5.12. The van der Waals surface area contributed by atoms with Crippen LogP contribution in [0.4, 0.5) is 11.5 Å². The van der Waals surface area contributed by atoms with Gasteiger partial charge in [-0.1, -0.05) is 49.4 Å². The van der Waals surface area contributed by atoms with Crippen LogP contribution in [0.25, 0.3) is 0 Å². The van der Waals surface area contributed by atoms with Crippen LogP contribution in [0.15, 0.2) is 72.9 Å². The van der Waals surface area contributed by atoms with E-state index in [1.165, 1.54) is 5.56 Å². The third-order valence-corrected chi connectivity index (χ3v) is 7.81. The summed E-state index contributed by atoms with van der Waals surface area (Å²) < 4.78 is 0. The van der Waals surface area contributed by atoms with Gasteiger partial charge in [0.15, 0.2) is 5.82 Å². The largest absolute Gasteiger partial charge is 0.354 e. The highest BCUT2D eigenvalue weighted by atomic mass is 16.2. The number of nitrogens with zero attached hydrogens (tertiary/aromatic N) is 4. The number of nitrogens with one attached hydrogen (secondary N) is 1. The Morgan fingerprint density at radius 3 is 2.38 bits per heavy atom. The van der Waals surface area contributed by atoms with Crippen LogP contribution in [0.5, 0.6) is 0 Å². The van der Waals surface area contributed by atoms with E-state index >= 15 is 0 Å². The molecule has 3 aromatic rings. The summed E-state index contributed by atoms with van der Waals surface area (Å²) >= 11 is 0. The van der Waals surface area contributed by atoms with E-state index in [4.69, 9.17) is 0 Å². The molecular formula is C30H35N5O2. The fraction of sp³-hybridized carbons (Fsp3) is 0.400. The Morgan fingerprint density at radius 2 is 1.70 bits per heavy atom. The highest BCUT2D eigenvalue weighted by Crippen LogP contribution is 2.31. The number of aromatic nitrogens is 2. The first-order valence-corrected chi connectivity index (χ1v) is 13.4. The van der Waals surface area contributed by atoms with Gasteiger partial charge in [0.25, 0.3) is 0 Å². The van der Waals surface area contributed by atoms with Gasteiger partial charge >= 0.3 is 0 Å². The SMILES string of the molecule is CC[C@H](C(=O)N1CCC(c2ccc(NC(=O)[C@H]3CCN(c4cccnn4)C3)cc2)CC1)c1ccccc1. The summed E-state index contributed by atoms with van der Waals surface area (Å²) in [6, 6.07) is 22.2.